The number of hydrogen-bond acceptors (Lipinski definition) is 4. The molecule has 1 aliphatic rings. The molecule has 0 aliphatic heterocycles. The second-order valence-corrected chi connectivity index (χ2v) is 4.49. The first-order valence-electron chi connectivity index (χ1n) is 5.96. The van der Waals surface area contributed by atoms with E-state index in [0.29, 0.717) is 11.8 Å². The molecule has 1 N–H and O–H groups in total. The summed E-state index contributed by atoms with van der Waals surface area (Å²) in [5.41, 5.74) is 0.847. The Morgan fingerprint density at radius 2 is 1.82 bits per heavy atom. The molecular formula is C13H14N2O2. The molecule has 1 saturated carbocycles. The monoisotopic (exact) mass is 230 g/mol. The van der Waals surface area contributed by atoms with Gasteiger partial charge in [0.25, 0.3) is 5.89 Å². The first kappa shape index (κ1) is 10.3. The number of phenolic OH excluding ortho intramolecular Hbond substituents is 1. The smallest absolute Gasteiger partial charge is 0.257 e. The second-order valence-electron chi connectivity index (χ2n) is 4.49. The van der Waals surface area contributed by atoms with Crippen LogP contribution in [0.3, 0.4) is 0 Å². The highest BCUT2D eigenvalue weighted by Crippen LogP contribution is 2.33. The van der Waals surface area contributed by atoms with Crippen LogP contribution in [0.4, 0.5) is 0 Å². The average molecular weight is 230 g/mol. The van der Waals surface area contributed by atoms with Gasteiger partial charge in [0.05, 0.1) is 0 Å². The van der Waals surface area contributed by atoms with E-state index in [2.05, 4.69) is 10.1 Å². The molecule has 4 nitrogen and oxygen atoms in total. The lowest BCUT2D eigenvalue weighted by Crippen LogP contribution is -1.94. The van der Waals surface area contributed by atoms with E-state index in [1.165, 1.54) is 12.8 Å². The molecule has 1 aliphatic carbocycles. The third kappa shape index (κ3) is 2.02. The van der Waals surface area contributed by atoms with Crippen LogP contribution in [0.5, 0.6) is 5.75 Å². The number of nitrogens with zero attached hydrogens (tertiary/aromatic N) is 2. The van der Waals surface area contributed by atoms with Crippen molar-refractivity contribution in [2.24, 2.45) is 0 Å². The van der Waals surface area contributed by atoms with Crippen LogP contribution >= 0.6 is 0 Å². The molecule has 1 aromatic heterocycles. The van der Waals surface area contributed by atoms with Gasteiger partial charge in [0.1, 0.15) is 5.75 Å². The lowest BCUT2D eigenvalue weighted by Gasteiger charge is -1.99. The topological polar surface area (TPSA) is 59.2 Å². The zero-order valence-corrected chi connectivity index (χ0v) is 9.47. The maximum Gasteiger partial charge on any atom is 0.257 e. The SMILES string of the molecule is Oc1ccc(-c2nc(C3CCCC3)no2)cc1. The van der Waals surface area contributed by atoms with Crippen molar-refractivity contribution in [3.05, 3.63) is 30.1 Å². The van der Waals surface area contributed by atoms with Crippen LogP contribution in [0.2, 0.25) is 0 Å². The van der Waals surface area contributed by atoms with Crippen molar-refractivity contribution in [1.29, 1.82) is 0 Å². The van der Waals surface area contributed by atoms with Crippen LogP contribution < -0.4 is 0 Å². The van der Waals surface area contributed by atoms with Gasteiger partial charge in [-0.25, -0.2) is 0 Å². The molecule has 1 fully saturated rings. The predicted molar refractivity (Wildman–Crippen MR) is 62.6 cm³/mol. The first-order chi connectivity index (χ1) is 8.33. The van der Waals surface area contributed by atoms with Crippen LogP contribution in [-0.4, -0.2) is 15.2 Å². The highest BCUT2D eigenvalue weighted by Gasteiger charge is 2.22. The van der Waals surface area contributed by atoms with Gasteiger partial charge in [-0.15, -0.1) is 0 Å². The van der Waals surface area contributed by atoms with Gasteiger partial charge in [-0.05, 0) is 37.1 Å². The Balaban J connectivity index is 1.86. The minimum Gasteiger partial charge on any atom is -0.508 e. The van der Waals surface area contributed by atoms with Crippen LogP contribution in [0, 0.1) is 0 Å². The molecule has 0 amide bonds. The van der Waals surface area contributed by atoms with Gasteiger partial charge in [-0.2, -0.15) is 4.98 Å². The number of benzene rings is 1. The quantitative estimate of drug-likeness (QED) is 0.861. The maximum absolute atomic E-state index is 9.21. The summed E-state index contributed by atoms with van der Waals surface area (Å²) in [6, 6.07) is 6.80. The summed E-state index contributed by atoms with van der Waals surface area (Å²) in [5, 5.41) is 13.3. The van der Waals surface area contributed by atoms with Crippen LogP contribution in [0.1, 0.15) is 37.4 Å². The van der Waals surface area contributed by atoms with Gasteiger partial charge in [0.2, 0.25) is 0 Å². The molecule has 0 spiro atoms. The van der Waals surface area contributed by atoms with E-state index in [1.54, 1.807) is 24.3 Å². The average Bonchev–Trinajstić information content (AvgIpc) is 3.00. The normalized spacial score (nSPS) is 16.5. The number of phenols is 1. The Morgan fingerprint density at radius 1 is 1.12 bits per heavy atom. The van der Waals surface area contributed by atoms with Crippen molar-refractivity contribution in [1.82, 2.24) is 10.1 Å². The molecular weight excluding hydrogens is 216 g/mol. The third-order valence-corrected chi connectivity index (χ3v) is 3.28. The van der Waals surface area contributed by atoms with Crippen molar-refractivity contribution in [2.45, 2.75) is 31.6 Å². The summed E-state index contributed by atoms with van der Waals surface area (Å²) in [6.07, 6.45) is 4.84. The largest absolute Gasteiger partial charge is 0.508 e. The van der Waals surface area contributed by atoms with Gasteiger partial charge < -0.3 is 9.63 Å². The zero-order valence-electron chi connectivity index (χ0n) is 9.47. The Labute approximate surface area is 99.3 Å². The van der Waals surface area contributed by atoms with Gasteiger partial charge in [-0.3, -0.25) is 0 Å². The van der Waals surface area contributed by atoms with Crippen molar-refractivity contribution in [3.63, 3.8) is 0 Å². The number of aromatic hydroxyl groups is 1. The van der Waals surface area contributed by atoms with Crippen LogP contribution in [0.25, 0.3) is 11.5 Å². The predicted octanol–water partition coefficient (Wildman–Crippen LogP) is 3.10. The van der Waals surface area contributed by atoms with E-state index in [4.69, 9.17) is 4.52 Å². The third-order valence-electron chi connectivity index (χ3n) is 3.28. The van der Waals surface area contributed by atoms with Crippen molar-refractivity contribution >= 4 is 0 Å². The van der Waals surface area contributed by atoms with E-state index >= 15 is 0 Å². The van der Waals surface area contributed by atoms with Crippen molar-refractivity contribution in [2.75, 3.05) is 0 Å². The van der Waals surface area contributed by atoms with Gasteiger partial charge in [0, 0.05) is 11.5 Å². The fourth-order valence-electron chi connectivity index (χ4n) is 2.31. The van der Waals surface area contributed by atoms with E-state index in [-0.39, 0.29) is 5.75 Å². The Hall–Kier alpha value is -1.84. The fraction of sp³-hybridized carbons (Fsp3) is 0.385. The summed E-state index contributed by atoms with van der Waals surface area (Å²) in [5.74, 6) is 2.06. The van der Waals surface area contributed by atoms with Crippen molar-refractivity contribution in [3.8, 4) is 17.2 Å². The summed E-state index contributed by atoms with van der Waals surface area (Å²) in [4.78, 5) is 4.43. The minimum atomic E-state index is 0.240. The molecule has 4 heteroatoms. The number of aromatic nitrogens is 2. The van der Waals surface area contributed by atoms with E-state index < -0.39 is 0 Å². The molecule has 17 heavy (non-hydrogen) atoms. The molecule has 1 aromatic carbocycles. The Morgan fingerprint density at radius 3 is 2.53 bits per heavy atom. The molecule has 1 heterocycles. The molecule has 88 valence electrons. The van der Waals surface area contributed by atoms with Crippen LogP contribution in [0.15, 0.2) is 28.8 Å². The maximum atomic E-state index is 9.21. The minimum absolute atomic E-state index is 0.240. The van der Waals surface area contributed by atoms with Gasteiger partial charge in [-0.1, -0.05) is 18.0 Å². The van der Waals surface area contributed by atoms with E-state index in [0.717, 1.165) is 24.2 Å². The molecule has 0 radical (unpaired) electrons. The number of rotatable bonds is 2. The van der Waals surface area contributed by atoms with Crippen LogP contribution in [-0.2, 0) is 0 Å². The highest BCUT2D eigenvalue weighted by atomic mass is 16.5. The molecule has 0 unspecified atom stereocenters. The summed E-state index contributed by atoms with van der Waals surface area (Å²) >= 11 is 0. The lowest BCUT2D eigenvalue weighted by molar-refractivity contribution is 0.415. The van der Waals surface area contributed by atoms with E-state index in [1.807, 2.05) is 0 Å². The molecule has 0 bridgehead atoms. The van der Waals surface area contributed by atoms with E-state index in [9.17, 15) is 5.11 Å². The Kier molecular flexibility index (Phi) is 2.55. The summed E-state index contributed by atoms with van der Waals surface area (Å²) < 4.78 is 5.26. The van der Waals surface area contributed by atoms with Gasteiger partial charge >= 0.3 is 0 Å². The molecule has 0 saturated heterocycles. The molecule has 0 atom stereocenters. The molecule has 3 rings (SSSR count). The molecule has 2 aromatic rings. The highest BCUT2D eigenvalue weighted by molar-refractivity contribution is 5.54. The summed E-state index contributed by atoms with van der Waals surface area (Å²) in [7, 11) is 0. The zero-order chi connectivity index (χ0) is 11.7. The lowest BCUT2D eigenvalue weighted by atomic mass is 10.1. The first-order valence-corrected chi connectivity index (χ1v) is 5.96. The fourth-order valence-corrected chi connectivity index (χ4v) is 2.31. The summed E-state index contributed by atoms with van der Waals surface area (Å²) in [6.45, 7) is 0. The Bertz CT molecular complexity index is 498. The van der Waals surface area contributed by atoms with Gasteiger partial charge in [0.15, 0.2) is 5.82 Å². The number of hydrogen-bond donors (Lipinski definition) is 1. The second kappa shape index (κ2) is 4.20. The van der Waals surface area contributed by atoms with Crippen molar-refractivity contribution < 1.29 is 9.63 Å². The standard InChI is InChI=1S/C13H14N2O2/c16-11-7-5-10(6-8-11)13-14-12(15-17-13)9-3-1-2-4-9/h5-9,16H,1-4H2.